The Morgan fingerprint density at radius 1 is 0.969 bits per heavy atom. The van der Waals surface area contributed by atoms with E-state index >= 15 is 0 Å². The fourth-order valence-corrected chi connectivity index (χ4v) is 3.48. The molecule has 0 radical (unpaired) electrons. The number of hydrogen-bond acceptors (Lipinski definition) is 6. The molecule has 3 rings (SSSR count). The number of phenols is 2. The molecule has 1 saturated heterocycles. The van der Waals surface area contributed by atoms with Gasteiger partial charge in [-0.25, -0.2) is 0 Å². The van der Waals surface area contributed by atoms with Gasteiger partial charge in [0.15, 0.2) is 0 Å². The second-order valence-electron chi connectivity index (χ2n) is 8.32. The third-order valence-corrected chi connectivity index (χ3v) is 5.81. The summed E-state index contributed by atoms with van der Waals surface area (Å²) in [5.41, 5.74) is 1.70. The van der Waals surface area contributed by atoms with Gasteiger partial charge in [-0.1, -0.05) is 12.1 Å². The van der Waals surface area contributed by atoms with E-state index in [-0.39, 0.29) is 28.7 Å². The number of amides is 2. The number of benzene rings is 2. The molecule has 0 bridgehead atoms. The maximum Gasteiger partial charge on any atom is 0.261 e. The van der Waals surface area contributed by atoms with Gasteiger partial charge in [-0.2, -0.15) is 0 Å². The number of aromatic hydroxyl groups is 2. The van der Waals surface area contributed by atoms with Crippen LogP contribution in [0, 0.1) is 0 Å². The molecule has 1 aliphatic heterocycles. The molecule has 2 aromatic carbocycles. The first-order chi connectivity index (χ1) is 15.2. The normalized spacial score (nSPS) is 14.4. The molecular weight excluding hydrogens is 410 g/mol. The largest absolute Gasteiger partial charge is 0.507 e. The average molecular weight is 442 g/mol. The van der Waals surface area contributed by atoms with Gasteiger partial charge < -0.3 is 24.7 Å². The predicted molar refractivity (Wildman–Crippen MR) is 122 cm³/mol. The third-order valence-electron chi connectivity index (χ3n) is 5.81. The first kappa shape index (κ1) is 23.6. The van der Waals surface area contributed by atoms with Crippen LogP contribution in [0.15, 0.2) is 36.4 Å². The number of nitrogens with zero attached hydrogens (tertiary/aromatic N) is 3. The second kappa shape index (κ2) is 10.0. The van der Waals surface area contributed by atoms with Gasteiger partial charge in [0, 0.05) is 51.5 Å². The van der Waals surface area contributed by atoms with Crippen molar-refractivity contribution in [2.45, 2.75) is 26.4 Å². The Hall–Kier alpha value is -3.10. The molecule has 1 heterocycles. The van der Waals surface area contributed by atoms with Gasteiger partial charge in [-0.15, -0.1) is 0 Å². The fourth-order valence-electron chi connectivity index (χ4n) is 3.48. The molecule has 0 atom stereocenters. The van der Waals surface area contributed by atoms with Gasteiger partial charge in [0.05, 0.1) is 24.3 Å². The SMILES string of the molecule is CC(C)N(C)C(=O)c1cc(C(=O)N(C)c2ccc(CN3CCOCC3)cc2)c(O)cc1O. The van der Waals surface area contributed by atoms with Crippen molar-refractivity contribution in [2.24, 2.45) is 0 Å². The van der Waals surface area contributed by atoms with Gasteiger partial charge in [0.1, 0.15) is 11.5 Å². The van der Waals surface area contributed by atoms with E-state index in [0.717, 1.165) is 44.5 Å². The van der Waals surface area contributed by atoms with E-state index in [1.165, 1.54) is 15.9 Å². The molecule has 2 amide bonds. The van der Waals surface area contributed by atoms with E-state index in [1.54, 1.807) is 14.1 Å². The summed E-state index contributed by atoms with van der Waals surface area (Å²) in [6.07, 6.45) is 0. The summed E-state index contributed by atoms with van der Waals surface area (Å²) >= 11 is 0. The molecule has 1 fully saturated rings. The highest BCUT2D eigenvalue weighted by Crippen LogP contribution is 2.30. The average Bonchev–Trinajstić information content (AvgIpc) is 2.78. The highest BCUT2D eigenvalue weighted by molar-refractivity contribution is 6.09. The summed E-state index contributed by atoms with van der Waals surface area (Å²) in [7, 11) is 3.22. The lowest BCUT2D eigenvalue weighted by atomic mass is 10.0. The maximum atomic E-state index is 13.1. The fraction of sp³-hybridized carbons (Fsp3) is 0.417. The Kier molecular flexibility index (Phi) is 7.37. The summed E-state index contributed by atoms with van der Waals surface area (Å²) in [4.78, 5) is 31.0. The number of rotatable bonds is 6. The molecule has 32 heavy (non-hydrogen) atoms. The Morgan fingerprint density at radius 3 is 2.09 bits per heavy atom. The lowest BCUT2D eigenvalue weighted by Gasteiger charge is -2.26. The minimum atomic E-state index is -0.482. The van der Waals surface area contributed by atoms with E-state index in [4.69, 9.17) is 4.74 Å². The summed E-state index contributed by atoms with van der Waals surface area (Å²) in [6, 6.07) is 9.84. The van der Waals surface area contributed by atoms with Crippen molar-refractivity contribution in [2.75, 3.05) is 45.3 Å². The molecule has 172 valence electrons. The van der Waals surface area contributed by atoms with Crippen LogP contribution >= 0.6 is 0 Å². The van der Waals surface area contributed by atoms with Crippen molar-refractivity contribution in [3.8, 4) is 11.5 Å². The van der Waals surface area contributed by atoms with Gasteiger partial charge in [-0.3, -0.25) is 14.5 Å². The lowest BCUT2D eigenvalue weighted by Crippen LogP contribution is -2.35. The smallest absolute Gasteiger partial charge is 0.261 e. The number of anilines is 1. The standard InChI is InChI=1S/C24H31N3O5/c1-16(2)25(3)23(30)19-13-20(22(29)14-21(19)28)24(31)26(4)18-7-5-17(6-8-18)15-27-9-11-32-12-10-27/h5-8,13-14,16,28-29H,9-12,15H2,1-4H3. The van der Waals surface area contributed by atoms with E-state index < -0.39 is 11.8 Å². The van der Waals surface area contributed by atoms with Crippen LogP contribution in [0.25, 0.3) is 0 Å². The van der Waals surface area contributed by atoms with Gasteiger partial charge in [0.2, 0.25) is 0 Å². The molecule has 2 aromatic rings. The number of carbonyl (C=O) groups is 2. The van der Waals surface area contributed by atoms with Crippen LogP contribution in [0.1, 0.15) is 40.1 Å². The minimum absolute atomic E-state index is 0.0309. The number of phenolic OH excluding ortho intramolecular Hbond substituents is 2. The van der Waals surface area contributed by atoms with Crippen molar-refractivity contribution < 1.29 is 24.5 Å². The molecule has 8 nitrogen and oxygen atoms in total. The van der Waals surface area contributed by atoms with Crippen LogP contribution in [-0.2, 0) is 11.3 Å². The van der Waals surface area contributed by atoms with Crippen molar-refractivity contribution in [3.05, 3.63) is 53.1 Å². The van der Waals surface area contributed by atoms with Crippen LogP contribution in [0.2, 0.25) is 0 Å². The molecule has 2 N–H and O–H groups in total. The van der Waals surface area contributed by atoms with Gasteiger partial charge >= 0.3 is 0 Å². The van der Waals surface area contributed by atoms with Crippen LogP contribution < -0.4 is 4.90 Å². The summed E-state index contributed by atoms with van der Waals surface area (Å²) < 4.78 is 5.38. The summed E-state index contributed by atoms with van der Waals surface area (Å²) in [5, 5.41) is 20.5. The molecule has 0 spiro atoms. The van der Waals surface area contributed by atoms with Crippen molar-refractivity contribution in [1.29, 1.82) is 0 Å². The van der Waals surface area contributed by atoms with Gasteiger partial charge in [-0.05, 0) is 37.6 Å². The van der Waals surface area contributed by atoms with E-state index in [1.807, 2.05) is 38.1 Å². The molecule has 0 saturated carbocycles. The Balaban J connectivity index is 1.79. The quantitative estimate of drug-likeness (QED) is 0.716. The zero-order valence-corrected chi connectivity index (χ0v) is 19.0. The third kappa shape index (κ3) is 5.20. The Morgan fingerprint density at radius 2 is 1.53 bits per heavy atom. The highest BCUT2D eigenvalue weighted by atomic mass is 16.5. The van der Waals surface area contributed by atoms with Crippen molar-refractivity contribution in [1.82, 2.24) is 9.80 Å². The summed E-state index contributed by atoms with van der Waals surface area (Å²) in [6.45, 7) is 7.77. The first-order valence-electron chi connectivity index (χ1n) is 10.7. The van der Waals surface area contributed by atoms with Gasteiger partial charge in [0.25, 0.3) is 11.8 Å². The first-order valence-corrected chi connectivity index (χ1v) is 10.7. The number of ether oxygens (including phenoxy) is 1. The molecule has 0 unspecified atom stereocenters. The van der Waals surface area contributed by atoms with Crippen LogP contribution in [0.3, 0.4) is 0 Å². The number of hydrogen-bond donors (Lipinski definition) is 2. The second-order valence-corrected chi connectivity index (χ2v) is 8.32. The maximum absolute atomic E-state index is 13.1. The Labute approximate surface area is 188 Å². The summed E-state index contributed by atoms with van der Waals surface area (Å²) in [5.74, 6) is -1.66. The minimum Gasteiger partial charge on any atom is -0.507 e. The monoisotopic (exact) mass is 441 g/mol. The van der Waals surface area contributed by atoms with Crippen molar-refractivity contribution >= 4 is 17.5 Å². The number of morpholine rings is 1. The van der Waals surface area contributed by atoms with Crippen LogP contribution in [0.4, 0.5) is 5.69 Å². The zero-order chi connectivity index (χ0) is 23.4. The molecule has 1 aliphatic rings. The molecular formula is C24H31N3O5. The van der Waals surface area contributed by atoms with E-state index in [0.29, 0.717) is 5.69 Å². The van der Waals surface area contributed by atoms with Crippen LogP contribution in [-0.4, -0.2) is 78.3 Å². The van der Waals surface area contributed by atoms with Crippen LogP contribution in [0.5, 0.6) is 11.5 Å². The van der Waals surface area contributed by atoms with Crippen molar-refractivity contribution in [3.63, 3.8) is 0 Å². The number of carbonyl (C=O) groups excluding carboxylic acids is 2. The van der Waals surface area contributed by atoms with E-state index in [2.05, 4.69) is 4.90 Å². The lowest BCUT2D eigenvalue weighted by molar-refractivity contribution is 0.0342. The topological polar surface area (TPSA) is 93.6 Å². The molecule has 8 heteroatoms. The molecule has 0 aliphatic carbocycles. The van der Waals surface area contributed by atoms with E-state index in [9.17, 15) is 19.8 Å². The zero-order valence-electron chi connectivity index (χ0n) is 19.0. The predicted octanol–water partition coefficient (Wildman–Crippen LogP) is 2.69. The highest BCUT2D eigenvalue weighted by Gasteiger charge is 2.24. The molecule has 0 aromatic heterocycles. The Bertz CT molecular complexity index is 968.